The minimum absolute atomic E-state index is 0.128. The van der Waals surface area contributed by atoms with Gasteiger partial charge in [0.2, 0.25) is 0 Å². The van der Waals surface area contributed by atoms with Gasteiger partial charge in [0.05, 0.1) is 24.4 Å². The van der Waals surface area contributed by atoms with Crippen LogP contribution in [0.1, 0.15) is 50.2 Å². The first-order valence-electron chi connectivity index (χ1n) is 9.93. The number of rotatable bonds is 8. The quantitative estimate of drug-likeness (QED) is 0.677. The topological polar surface area (TPSA) is 71.0 Å². The predicted molar refractivity (Wildman–Crippen MR) is 106 cm³/mol. The summed E-state index contributed by atoms with van der Waals surface area (Å²) in [7, 11) is 0. The SMILES string of the molecule is CC(C)CC(C(=O)O)c1cc(OCC2CC2)c(C2=CC3=CNON3C=C2)cc1F. The van der Waals surface area contributed by atoms with E-state index < -0.39 is 17.7 Å². The Morgan fingerprint density at radius 1 is 1.41 bits per heavy atom. The van der Waals surface area contributed by atoms with Crippen LogP contribution in [0.15, 0.2) is 42.4 Å². The summed E-state index contributed by atoms with van der Waals surface area (Å²) in [6, 6.07) is 2.97. The monoisotopic (exact) mass is 400 g/mol. The van der Waals surface area contributed by atoms with Gasteiger partial charge in [-0.3, -0.25) is 4.79 Å². The standard InChI is InChI=1S/C22H25FN2O4/c1-13(2)7-19(22(26)27)18-10-21(28-12-14-3-4-14)17(9-20(18)23)15-5-6-25-16(8-15)11-24-29-25/h5-6,8-11,13-14,19,24H,3-4,7,12H2,1-2H3,(H,26,27). The molecule has 6 nitrogen and oxygen atoms in total. The summed E-state index contributed by atoms with van der Waals surface area (Å²) in [5.41, 5.74) is 4.99. The van der Waals surface area contributed by atoms with Gasteiger partial charge in [0.25, 0.3) is 0 Å². The molecule has 2 N–H and O–H groups in total. The highest BCUT2D eigenvalue weighted by Gasteiger charge is 2.28. The number of allylic oxidation sites excluding steroid dienone is 3. The Bertz CT molecular complexity index is 902. The lowest BCUT2D eigenvalue weighted by atomic mass is 9.88. The fourth-order valence-electron chi connectivity index (χ4n) is 3.51. The summed E-state index contributed by atoms with van der Waals surface area (Å²) in [4.78, 5) is 17.0. The number of aliphatic carboxylic acids is 1. The third-order valence-electron chi connectivity index (χ3n) is 5.27. The van der Waals surface area contributed by atoms with Crippen LogP contribution in [0, 0.1) is 17.7 Å². The van der Waals surface area contributed by atoms with E-state index in [2.05, 4.69) is 5.48 Å². The Labute approximate surface area is 169 Å². The van der Waals surface area contributed by atoms with Crippen molar-refractivity contribution in [3.8, 4) is 5.75 Å². The summed E-state index contributed by atoms with van der Waals surface area (Å²) >= 11 is 0. The number of halogens is 1. The van der Waals surface area contributed by atoms with Crippen LogP contribution in [0.3, 0.4) is 0 Å². The highest BCUT2D eigenvalue weighted by atomic mass is 19.1. The van der Waals surface area contributed by atoms with E-state index >= 15 is 4.39 Å². The van der Waals surface area contributed by atoms with Gasteiger partial charge < -0.3 is 9.84 Å². The number of nitrogens with zero attached hydrogens (tertiary/aromatic N) is 1. The molecule has 1 fully saturated rings. The summed E-state index contributed by atoms with van der Waals surface area (Å²) in [5.74, 6) is -1.30. The molecule has 0 radical (unpaired) electrons. The van der Waals surface area contributed by atoms with Gasteiger partial charge in [-0.05, 0) is 61.0 Å². The number of fused-ring (bicyclic) bond motifs is 1. The van der Waals surface area contributed by atoms with Crippen molar-refractivity contribution < 1.29 is 24.0 Å². The van der Waals surface area contributed by atoms with E-state index in [1.54, 1.807) is 23.5 Å². The van der Waals surface area contributed by atoms with Crippen molar-refractivity contribution in [2.24, 2.45) is 11.8 Å². The van der Waals surface area contributed by atoms with Gasteiger partial charge in [0.1, 0.15) is 11.6 Å². The first-order valence-corrected chi connectivity index (χ1v) is 9.93. The maximum Gasteiger partial charge on any atom is 0.311 e. The van der Waals surface area contributed by atoms with E-state index in [0.29, 0.717) is 30.3 Å². The number of carbonyl (C=O) groups is 1. The lowest BCUT2D eigenvalue weighted by Crippen LogP contribution is -2.17. The van der Waals surface area contributed by atoms with Gasteiger partial charge in [0, 0.05) is 17.3 Å². The van der Waals surface area contributed by atoms with Crippen LogP contribution in [0.5, 0.6) is 5.75 Å². The predicted octanol–water partition coefficient (Wildman–Crippen LogP) is 4.33. The Balaban J connectivity index is 1.73. The molecule has 0 saturated heterocycles. The van der Waals surface area contributed by atoms with E-state index in [1.807, 2.05) is 26.0 Å². The largest absolute Gasteiger partial charge is 0.493 e. The number of carboxylic acids is 1. The third kappa shape index (κ3) is 4.29. The van der Waals surface area contributed by atoms with Gasteiger partial charge in [-0.1, -0.05) is 13.8 Å². The highest BCUT2D eigenvalue weighted by Crippen LogP contribution is 2.38. The molecule has 1 unspecified atom stereocenters. The number of hydrogen-bond donors (Lipinski definition) is 2. The molecule has 1 aromatic rings. The molecule has 154 valence electrons. The van der Waals surface area contributed by atoms with Crippen molar-refractivity contribution >= 4 is 11.5 Å². The summed E-state index contributed by atoms with van der Waals surface area (Å²) in [6.45, 7) is 4.42. The molecule has 0 aromatic heterocycles. The van der Waals surface area contributed by atoms with Crippen molar-refractivity contribution in [2.45, 2.75) is 39.0 Å². The summed E-state index contributed by atoms with van der Waals surface area (Å²) in [6.07, 6.45) is 9.72. The molecular formula is C22H25FN2O4. The minimum Gasteiger partial charge on any atom is -0.493 e. The molecule has 0 amide bonds. The van der Waals surface area contributed by atoms with Crippen molar-refractivity contribution in [2.75, 3.05) is 6.61 Å². The van der Waals surface area contributed by atoms with Gasteiger partial charge in [-0.15, -0.1) is 0 Å². The number of benzene rings is 1. The first kappa shape index (κ1) is 19.5. The average Bonchev–Trinajstić information content (AvgIpc) is 3.39. The van der Waals surface area contributed by atoms with E-state index in [0.717, 1.165) is 24.1 Å². The molecule has 2 aliphatic heterocycles. The molecule has 4 rings (SSSR count). The maximum absolute atomic E-state index is 15.1. The second kappa shape index (κ2) is 7.91. The minimum atomic E-state index is -1.02. The van der Waals surface area contributed by atoms with Crippen LogP contribution < -0.4 is 10.2 Å². The normalized spacial score (nSPS) is 18.8. The van der Waals surface area contributed by atoms with E-state index in [4.69, 9.17) is 9.68 Å². The molecule has 1 aliphatic carbocycles. The molecule has 1 saturated carbocycles. The number of ether oxygens (including phenoxy) is 1. The highest BCUT2D eigenvalue weighted by molar-refractivity contribution is 5.82. The molecule has 29 heavy (non-hydrogen) atoms. The molecule has 1 aromatic carbocycles. The third-order valence-corrected chi connectivity index (χ3v) is 5.27. The fourth-order valence-corrected chi connectivity index (χ4v) is 3.51. The molecule has 0 bridgehead atoms. The molecular weight excluding hydrogens is 375 g/mol. The van der Waals surface area contributed by atoms with Crippen LogP contribution >= 0.6 is 0 Å². The van der Waals surface area contributed by atoms with E-state index in [9.17, 15) is 9.90 Å². The van der Waals surface area contributed by atoms with Crippen molar-refractivity contribution in [1.29, 1.82) is 0 Å². The van der Waals surface area contributed by atoms with Crippen molar-refractivity contribution in [3.05, 3.63) is 59.3 Å². The molecule has 0 spiro atoms. The van der Waals surface area contributed by atoms with Gasteiger partial charge in [0.15, 0.2) is 0 Å². The summed E-state index contributed by atoms with van der Waals surface area (Å²) < 4.78 is 21.1. The molecule has 1 atom stereocenters. The van der Waals surface area contributed by atoms with E-state index in [1.165, 1.54) is 6.07 Å². The smallest absolute Gasteiger partial charge is 0.311 e. The second-order valence-corrected chi connectivity index (χ2v) is 8.16. The number of carboxylic acid groups (broad SMARTS) is 1. The Kier molecular flexibility index (Phi) is 5.32. The van der Waals surface area contributed by atoms with Crippen LogP contribution in [-0.2, 0) is 9.73 Å². The number of hydrogen-bond acceptors (Lipinski definition) is 5. The zero-order valence-electron chi connectivity index (χ0n) is 16.5. The fraction of sp³-hybridized carbons (Fsp3) is 0.409. The van der Waals surface area contributed by atoms with Crippen molar-refractivity contribution in [1.82, 2.24) is 10.5 Å². The van der Waals surface area contributed by atoms with Crippen LogP contribution in [-0.4, -0.2) is 22.7 Å². The molecule has 7 heteroatoms. The Hall–Kier alpha value is -2.80. The number of nitrogens with one attached hydrogen (secondary N) is 1. The number of hydroxylamine groups is 3. The van der Waals surface area contributed by atoms with Gasteiger partial charge >= 0.3 is 5.97 Å². The lowest BCUT2D eigenvalue weighted by Gasteiger charge is -2.22. The van der Waals surface area contributed by atoms with Gasteiger partial charge in [-0.2, -0.15) is 4.94 Å². The average molecular weight is 400 g/mol. The maximum atomic E-state index is 15.1. The zero-order valence-corrected chi connectivity index (χ0v) is 16.5. The molecule has 2 heterocycles. The first-order chi connectivity index (χ1) is 13.9. The Morgan fingerprint density at radius 2 is 2.21 bits per heavy atom. The summed E-state index contributed by atoms with van der Waals surface area (Å²) in [5, 5.41) is 11.2. The molecule has 3 aliphatic rings. The van der Waals surface area contributed by atoms with Crippen LogP contribution in [0.4, 0.5) is 4.39 Å². The van der Waals surface area contributed by atoms with E-state index in [-0.39, 0.29) is 11.5 Å². The van der Waals surface area contributed by atoms with Crippen LogP contribution in [0.2, 0.25) is 0 Å². The van der Waals surface area contributed by atoms with Gasteiger partial charge in [-0.25, -0.2) is 14.9 Å². The van der Waals surface area contributed by atoms with Crippen molar-refractivity contribution in [3.63, 3.8) is 0 Å². The Morgan fingerprint density at radius 3 is 2.90 bits per heavy atom. The van der Waals surface area contributed by atoms with Crippen LogP contribution in [0.25, 0.3) is 5.57 Å². The second-order valence-electron chi connectivity index (χ2n) is 8.16. The zero-order chi connectivity index (χ0) is 20.5. The lowest BCUT2D eigenvalue weighted by molar-refractivity contribution is -0.139.